The van der Waals surface area contributed by atoms with Gasteiger partial charge in [0, 0.05) is 0 Å². The molecule has 2 aromatic heterocycles. The molecule has 0 atom stereocenters. The summed E-state index contributed by atoms with van der Waals surface area (Å²) in [5.74, 6) is 0.924. The number of rotatable bonds is 1. The Hall–Kier alpha value is -1.23. The second-order valence-corrected chi connectivity index (χ2v) is 3.02. The third kappa shape index (κ3) is 1.02. The van der Waals surface area contributed by atoms with E-state index in [-0.39, 0.29) is 0 Å². The van der Waals surface area contributed by atoms with Crippen molar-refractivity contribution in [2.24, 2.45) is 0 Å². The van der Waals surface area contributed by atoms with Crippen molar-refractivity contribution in [1.82, 2.24) is 5.16 Å². The average Bonchev–Trinajstić information content (AvgIpc) is 2.64. The Bertz CT molecular complexity index is 380. The van der Waals surface area contributed by atoms with Crippen LogP contribution in [0, 0.1) is 0 Å². The van der Waals surface area contributed by atoms with E-state index in [9.17, 15) is 0 Å². The van der Waals surface area contributed by atoms with E-state index < -0.39 is 0 Å². The molecule has 5 heteroatoms. The Kier molecular flexibility index (Phi) is 1.65. The molecule has 0 bridgehead atoms. The Morgan fingerprint density at radius 1 is 1.50 bits per heavy atom. The molecule has 2 N–H and O–H groups in total. The van der Waals surface area contributed by atoms with Crippen LogP contribution in [0.25, 0.3) is 11.3 Å². The number of nitrogens with two attached hydrogens (primary N) is 1. The summed E-state index contributed by atoms with van der Waals surface area (Å²) in [7, 11) is 0. The molecule has 2 heterocycles. The van der Waals surface area contributed by atoms with E-state index in [1.165, 1.54) is 0 Å². The molecule has 62 valence electrons. The molecule has 4 nitrogen and oxygen atoms in total. The lowest BCUT2D eigenvalue weighted by molar-refractivity contribution is 0.434. The van der Waals surface area contributed by atoms with Crippen LogP contribution in [0.15, 0.2) is 32.0 Å². The first kappa shape index (κ1) is 7.42. The fourth-order valence-electron chi connectivity index (χ4n) is 0.864. The Labute approximate surface area is 76.5 Å². The third-order valence-corrected chi connectivity index (χ3v) is 2.21. The number of anilines is 1. The van der Waals surface area contributed by atoms with E-state index in [0.29, 0.717) is 16.1 Å². The summed E-state index contributed by atoms with van der Waals surface area (Å²) >= 11 is 3.25. The number of aromatic nitrogens is 1. The minimum absolute atomic E-state index is 0.339. The van der Waals surface area contributed by atoms with Gasteiger partial charge < -0.3 is 14.7 Å². The molecule has 0 spiro atoms. The van der Waals surface area contributed by atoms with Gasteiger partial charge in [0.25, 0.3) is 0 Å². The van der Waals surface area contributed by atoms with E-state index >= 15 is 0 Å². The first-order chi connectivity index (χ1) is 5.79. The van der Waals surface area contributed by atoms with Crippen molar-refractivity contribution < 1.29 is 8.94 Å². The van der Waals surface area contributed by atoms with E-state index in [1.54, 1.807) is 18.6 Å². The Balaban J connectivity index is 2.55. The molecule has 0 saturated heterocycles. The lowest BCUT2D eigenvalue weighted by atomic mass is 10.3. The smallest absolute Gasteiger partial charge is 0.186 e. The topological polar surface area (TPSA) is 65.2 Å². The number of halogens is 1. The second kappa shape index (κ2) is 2.67. The van der Waals surface area contributed by atoms with Crippen molar-refractivity contribution in [3.05, 3.63) is 23.1 Å². The number of hydrogen-bond acceptors (Lipinski definition) is 4. The molecule has 0 radical (unpaired) electrons. The minimum Gasteiger partial charge on any atom is -0.472 e. The van der Waals surface area contributed by atoms with E-state index in [4.69, 9.17) is 14.7 Å². The maximum absolute atomic E-state index is 5.46. The number of furan rings is 1. The molecular formula is C7H5BrN2O2. The van der Waals surface area contributed by atoms with Crippen LogP contribution >= 0.6 is 15.9 Å². The van der Waals surface area contributed by atoms with Crippen LogP contribution in [0.4, 0.5) is 5.82 Å². The highest BCUT2D eigenvalue weighted by Crippen LogP contribution is 2.32. The van der Waals surface area contributed by atoms with Gasteiger partial charge >= 0.3 is 0 Å². The monoisotopic (exact) mass is 228 g/mol. The molecule has 12 heavy (non-hydrogen) atoms. The van der Waals surface area contributed by atoms with Crippen molar-refractivity contribution in [2.75, 3.05) is 5.73 Å². The fourth-order valence-corrected chi connectivity index (χ4v) is 1.24. The summed E-state index contributed by atoms with van der Waals surface area (Å²) in [6.07, 6.45) is 3.12. The van der Waals surface area contributed by atoms with Gasteiger partial charge in [-0.25, -0.2) is 0 Å². The molecule has 0 aliphatic carbocycles. The van der Waals surface area contributed by atoms with E-state index in [0.717, 1.165) is 5.56 Å². The zero-order chi connectivity index (χ0) is 8.55. The molecule has 0 aromatic carbocycles. The van der Waals surface area contributed by atoms with Gasteiger partial charge in [-0.15, -0.1) is 0 Å². The SMILES string of the molecule is Nc1noc(-c2ccoc2)c1Br. The van der Waals surface area contributed by atoms with E-state index in [2.05, 4.69) is 21.1 Å². The highest BCUT2D eigenvalue weighted by Gasteiger charge is 2.13. The van der Waals surface area contributed by atoms with Crippen LogP contribution < -0.4 is 5.73 Å². The molecular weight excluding hydrogens is 224 g/mol. The maximum atomic E-state index is 5.46. The van der Waals surface area contributed by atoms with Gasteiger partial charge in [-0.2, -0.15) is 0 Å². The molecule has 0 aliphatic heterocycles. The zero-order valence-corrected chi connectivity index (χ0v) is 7.54. The molecule has 0 saturated carbocycles. The fraction of sp³-hybridized carbons (Fsp3) is 0. The molecule has 0 aliphatic rings. The summed E-state index contributed by atoms with van der Waals surface area (Å²) in [5.41, 5.74) is 6.28. The van der Waals surface area contributed by atoms with Crippen molar-refractivity contribution >= 4 is 21.7 Å². The van der Waals surface area contributed by atoms with Crippen LogP contribution in [0.2, 0.25) is 0 Å². The molecule has 0 fully saturated rings. The average molecular weight is 229 g/mol. The standard InChI is InChI=1S/C7H5BrN2O2/c8-5-6(12-10-7(5)9)4-1-2-11-3-4/h1-3H,(H2,9,10). The summed E-state index contributed by atoms with van der Waals surface area (Å²) < 4.78 is 10.5. The largest absolute Gasteiger partial charge is 0.472 e. The molecule has 2 aromatic rings. The van der Waals surface area contributed by atoms with Gasteiger partial charge in [0.15, 0.2) is 11.6 Å². The summed E-state index contributed by atoms with van der Waals surface area (Å²) in [6.45, 7) is 0. The van der Waals surface area contributed by atoms with Gasteiger partial charge in [0.2, 0.25) is 0 Å². The predicted molar refractivity (Wildman–Crippen MR) is 46.3 cm³/mol. The van der Waals surface area contributed by atoms with Gasteiger partial charge in [-0.3, -0.25) is 0 Å². The third-order valence-electron chi connectivity index (χ3n) is 1.44. The number of nitrogen functional groups attached to an aromatic ring is 1. The maximum Gasteiger partial charge on any atom is 0.186 e. The van der Waals surface area contributed by atoms with Crippen LogP contribution in [0.5, 0.6) is 0 Å². The summed E-state index contributed by atoms with van der Waals surface area (Å²) in [5, 5.41) is 3.59. The summed E-state index contributed by atoms with van der Waals surface area (Å²) in [4.78, 5) is 0. The predicted octanol–water partition coefficient (Wildman–Crippen LogP) is 2.28. The lowest BCUT2D eigenvalue weighted by Crippen LogP contribution is -1.82. The van der Waals surface area contributed by atoms with Crippen molar-refractivity contribution in [3.8, 4) is 11.3 Å². The van der Waals surface area contributed by atoms with Crippen LogP contribution in [-0.2, 0) is 0 Å². The Morgan fingerprint density at radius 3 is 2.83 bits per heavy atom. The van der Waals surface area contributed by atoms with Crippen LogP contribution in [-0.4, -0.2) is 5.16 Å². The highest BCUT2D eigenvalue weighted by atomic mass is 79.9. The lowest BCUT2D eigenvalue weighted by Gasteiger charge is -1.86. The first-order valence-corrected chi connectivity index (χ1v) is 4.01. The minimum atomic E-state index is 0.339. The Morgan fingerprint density at radius 2 is 2.33 bits per heavy atom. The summed E-state index contributed by atoms with van der Waals surface area (Å²) in [6, 6.07) is 1.77. The van der Waals surface area contributed by atoms with Crippen molar-refractivity contribution in [2.45, 2.75) is 0 Å². The quantitative estimate of drug-likeness (QED) is 0.814. The van der Waals surface area contributed by atoms with Crippen LogP contribution in [0.1, 0.15) is 0 Å². The van der Waals surface area contributed by atoms with Gasteiger partial charge in [0.05, 0.1) is 11.8 Å². The second-order valence-electron chi connectivity index (χ2n) is 2.22. The van der Waals surface area contributed by atoms with Gasteiger partial charge in [0.1, 0.15) is 10.7 Å². The van der Waals surface area contributed by atoms with Crippen LogP contribution in [0.3, 0.4) is 0 Å². The molecule has 0 amide bonds. The normalized spacial score (nSPS) is 10.4. The number of nitrogens with zero attached hydrogens (tertiary/aromatic N) is 1. The molecule has 0 unspecified atom stereocenters. The number of hydrogen-bond donors (Lipinski definition) is 1. The highest BCUT2D eigenvalue weighted by molar-refractivity contribution is 9.10. The van der Waals surface area contributed by atoms with Crippen molar-refractivity contribution in [3.63, 3.8) is 0 Å². The van der Waals surface area contributed by atoms with Crippen molar-refractivity contribution in [1.29, 1.82) is 0 Å². The van der Waals surface area contributed by atoms with E-state index in [1.807, 2.05) is 0 Å². The zero-order valence-electron chi connectivity index (χ0n) is 5.95. The van der Waals surface area contributed by atoms with Gasteiger partial charge in [-0.05, 0) is 22.0 Å². The van der Waals surface area contributed by atoms with Gasteiger partial charge in [-0.1, -0.05) is 5.16 Å². The first-order valence-electron chi connectivity index (χ1n) is 3.22. The molecule has 2 rings (SSSR count).